The molecule has 2 rings (SSSR count). The average molecular weight is 289 g/mol. The summed E-state index contributed by atoms with van der Waals surface area (Å²) in [5.74, 6) is 6.21. The second-order valence-corrected chi connectivity index (χ2v) is 5.95. The lowest BCUT2D eigenvalue weighted by Gasteiger charge is -2.38. The van der Waals surface area contributed by atoms with E-state index in [1.165, 1.54) is 18.9 Å². The summed E-state index contributed by atoms with van der Waals surface area (Å²) in [6.45, 7) is 6.43. The van der Waals surface area contributed by atoms with Crippen LogP contribution in [0.3, 0.4) is 0 Å². The molecule has 0 bridgehead atoms. The number of hydrogen-bond donors (Lipinski definition) is 1. The molecule has 0 radical (unpaired) electrons. The van der Waals surface area contributed by atoms with Crippen LogP contribution in [0.1, 0.15) is 44.2 Å². The van der Waals surface area contributed by atoms with Gasteiger partial charge in [0.25, 0.3) is 0 Å². The van der Waals surface area contributed by atoms with Crippen molar-refractivity contribution in [2.45, 2.75) is 45.7 Å². The molecule has 1 saturated heterocycles. The number of benzene rings is 1. The van der Waals surface area contributed by atoms with Crippen molar-refractivity contribution in [3.05, 3.63) is 35.1 Å². The Morgan fingerprint density at radius 1 is 1.33 bits per heavy atom. The predicted octanol–water partition coefficient (Wildman–Crippen LogP) is 3.18. The minimum Gasteiger partial charge on any atom is -0.395 e. The molecule has 1 aliphatic rings. The number of aliphatic hydroxyl groups excluding tert-OH is 1. The van der Waals surface area contributed by atoms with Crippen LogP contribution in [-0.4, -0.2) is 29.2 Å². The molecule has 0 aromatic heterocycles. The van der Waals surface area contributed by atoms with Gasteiger partial charge >= 0.3 is 0 Å². The number of likely N-dealkylation sites (tertiary alicyclic amines) is 1. The topological polar surface area (TPSA) is 23.5 Å². The minimum atomic E-state index is -0.237. The highest BCUT2D eigenvalue weighted by molar-refractivity contribution is 5.37. The quantitative estimate of drug-likeness (QED) is 0.864. The Morgan fingerprint density at radius 2 is 2.14 bits per heavy atom. The number of halogens is 1. The third kappa shape index (κ3) is 4.56. The fraction of sp³-hybridized carbons (Fsp3) is 0.556. The Hall–Kier alpha value is -1.37. The molecule has 1 aromatic rings. The molecule has 3 heteroatoms. The first-order valence-electron chi connectivity index (χ1n) is 7.73. The van der Waals surface area contributed by atoms with Crippen molar-refractivity contribution in [1.82, 2.24) is 4.90 Å². The van der Waals surface area contributed by atoms with Crippen molar-refractivity contribution >= 4 is 0 Å². The Kier molecular flexibility index (Phi) is 5.78. The fourth-order valence-corrected chi connectivity index (χ4v) is 2.91. The highest BCUT2D eigenvalue weighted by atomic mass is 19.1. The van der Waals surface area contributed by atoms with E-state index in [1.54, 1.807) is 6.07 Å². The van der Waals surface area contributed by atoms with Crippen LogP contribution in [0.4, 0.5) is 4.39 Å². The lowest BCUT2D eigenvalue weighted by molar-refractivity contribution is 0.106. The molecule has 1 aromatic carbocycles. The van der Waals surface area contributed by atoms with Crippen molar-refractivity contribution in [3.8, 4) is 11.8 Å². The van der Waals surface area contributed by atoms with Crippen LogP contribution in [0, 0.1) is 23.6 Å². The second-order valence-electron chi connectivity index (χ2n) is 5.95. The molecule has 0 spiro atoms. The molecule has 1 fully saturated rings. The first kappa shape index (κ1) is 16.0. The maximum atomic E-state index is 13.7. The molecule has 1 aliphatic heterocycles. The van der Waals surface area contributed by atoms with Gasteiger partial charge in [-0.2, -0.15) is 0 Å². The molecule has 1 N–H and O–H groups in total. The average Bonchev–Trinajstić information content (AvgIpc) is 2.44. The monoisotopic (exact) mass is 289 g/mol. The van der Waals surface area contributed by atoms with Gasteiger partial charge in [0.2, 0.25) is 0 Å². The van der Waals surface area contributed by atoms with Crippen LogP contribution in [0.2, 0.25) is 0 Å². The van der Waals surface area contributed by atoms with E-state index in [0.717, 1.165) is 18.7 Å². The number of nitrogens with zero attached hydrogens (tertiary/aromatic N) is 1. The largest absolute Gasteiger partial charge is 0.395 e. The zero-order valence-electron chi connectivity index (χ0n) is 12.9. The van der Waals surface area contributed by atoms with Gasteiger partial charge in [-0.1, -0.05) is 18.8 Å². The number of aliphatic hydroxyl groups is 1. The van der Waals surface area contributed by atoms with Crippen LogP contribution < -0.4 is 0 Å². The van der Waals surface area contributed by atoms with E-state index in [4.69, 9.17) is 5.11 Å². The molecule has 0 amide bonds. The lowest BCUT2D eigenvalue weighted by atomic mass is 9.91. The summed E-state index contributed by atoms with van der Waals surface area (Å²) in [5, 5.41) is 8.74. The summed E-state index contributed by atoms with van der Waals surface area (Å²) in [4.78, 5) is 2.42. The van der Waals surface area contributed by atoms with Crippen molar-refractivity contribution in [1.29, 1.82) is 0 Å². The van der Waals surface area contributed by atoms with Gasteiger partial charge in [0.1, 0.15) is 5.82 Å². The molecule has 2 atom stereocenters. The van der Waals surface area contributed by atoms with Gasteiger partial charge in [0, 0.05) is 24.6 Å². The number of rotatable bonds is 3. The zero-order chi connectivity index (χ0) is 15.2. The van der Waals surface area contributed by atoms with Crippen molar-refractivity contribution in [3.63, 3.8) is 0 Å². The highest BCUT2D eigenvalue weighted by Crippen LogP contribution is 2.24. The van der Waals surface area contributed by atoms with Gasteiger partial charge in [-0.25, -0.2) is 4.39 Å². The summed E-state index contributed by atoms with van der Waals surface area (Å²) in [7, 11) is 0. The van der Waals surface area contributed by atoms with Gasteiger partial charge in [-0.15, -0.1) is 0 Å². The smallest absolute Gasteiger partial charge is 0.124 e. The molecular formula is C18H24FNO. The molecular weight excluding hydrogens is 265 g/mol. The van der Waals surface area contributed by atoms with E-state index < -0.39 is 0 Å². The molecule has 114 valence electrons. The van der Waals surface area contributed by atoms with Crippen molar-refractivity contribution in [2.75, 3.05) is 13.2 Å². The molecule has 0 saturated carbocycles. The Balaban J connectivity index is 2.11. The Bertz CT molecular complexity index is 532. The SMILES string of the molecule is CC1CCCN(Cc2cc(F)cc(C#CCCO)c2)C1C. The molecule has 0 aliphatic carbocycles. The minimum absolute atomic E-state index is 0.0400. The van der Waals surface area contributed by atoms with Crippen LogP contribution >= 0.6 is 0 Å². The van der Waals surface area contributed by atoms with E-state index >= 15 is 0 Å². The summed E-state index contributed by atoms with van der Waals surface area (Å²) in [5.41, 5.74) is 1.67. The van der Waals surface area contributed by atoms with Gasteiger partial charge in [0.15, 0.2) is 0 Å². The molecule has 21 heavy (non-hydrogen) atoms. The zero-order valence-corrected chi connectivity index (χ0v) is 12.9. The van der Waals surface area contributed by atoms with Crippen LogP contribution in [-0.2, 0) is 6.54 Å². The van der Waals surface area contributed by atoms with E-state index in [0.29, 0.717) is 23.9 Å². The van der Waals surface area contributed by atoms with Crippen LogP contribution in [0.5, 0.6) is 0 Å². The lowest BCUT2D eigenvalue weighted by Crippen LogP contribution is -2.41. The second kappa shape index (κ2) is 7.59. The predicted molar refractivity (Wildman–Crippen MR) is 83.3 cm³/mol. The van der Waals surface area contributed by atoms with Gasteiger partial charge in [-0.05, 0) is 56.0 Å². The number of hydrogen-bond acceptors (Lipinski definition) is 2. The van der Waals surface area contributed by atoms with Gasteiger partial charge in [-0.3, -0.25) is 4.90 Å². The highest BCUT2D eigenvalue weighted by Gasteiger charge is 2.24. The first-order chi connectivity index (χ1) is 10.1. The fourth-order valence-electron chi connectivity index (χ4n) is 2.91. The molecule has 2 nitrogen and oxygen atoms in total. The van der Waals surface area contributed by atoms with E-state index in [2.05, 4.69) is 30.6 Å². The molecule has 2 unspecified atom stereocenters. The van der Waals surface area contributed by atoms with Crippen molar-refractivity contribution < 1.29 is 9.50 Å². The van der Waals surface area contributed by atoms with Crippen LogP contribution in [0.15, 0.2) is 18.2 Å². The summed E-state index contributed by atoms with van der Waals surface area (Å²) < 4.78 is 13.7. The van der Waals surface area contributed by atoms with E-state index in [-0.39, 0.29) is 12.4 Å². The third-order valence-electron chi connectivity index (χ3n) is 4.32. The summed E-state index contributed by atoms with van der Waals surface area (Å²) in [6.07, 6.45) is 2.91. The van der Waals surface area contributed by atoms with E-state index in [9.17, 15) is 4.39 Å². The third-order valence-corrected chi connectivity index (χ3v) is 4.32. The van der Waals surface area contributed by atoms with Crippen molar-refractivity contribution in [2.24, 2.45) is 5.92 Å². The van der Waals surface area contributed by atoms with Gasteiger partial charge in [0.05, 0.1) is 6.61 Å². The Labute approximate surface area is 127 Å². The summed E-state index contributed by atoms with van der Waals surface area (Å²) in [6, 6.07) is 5.55. The molecule has 1 heterocycles. The van der Waals surface area contributed by atoms with Crippen LogP contribution in [0.25, 0.3) is 0 Å². The Morgan fingerprint density at radius 3 is 2.90 bits per heavy atom. The maximum Gasteiger partial charge on any atom is 0.124 e. The van der Waals surface area contributed by atoms with E-state index in [1.807, 2.05) is 6.07 Å². The first-order valence-corrected chi connectivity index (χ1v) is 7.73. The van der Waals surface area contributed by atoms with Gasteiger partial charge < -0.3 is 5.11 Å². The maximum absolute atomic E-state index is 13.7. The standard InChI is InChI=1S/C18H24FNO/c1-14-6-5-8-20(15(14)2)13-17-10-16(7-3-4-9-21)11-18(19)12-17/h10-12,14-15,21H,4-6,8-9,13H2,1-2H3. The summed E-state index contributed by atoms with van der Waals surface area (Å²) >= 11 is 0. The number of piperidine rings is 1. The normalized spacial score (nSPS) is 22.7.